The number of thioether (sulfide) groups is 1. The van der Waals surface area contributed by atoms with Gasteiger partial charge in [0.2, 0.25) is 0 Å². The molecule has 0 saturated carbocycles. The number of methoxy groups -OCH3 is 1. The van der Waals surface area contributed by atoms with Crippen LogP contribution in [0.5, 0.6) is 5.75 Å². The van der Waals surface area contributed by atoms with Crippen molar-refractivity contribution in [2.24, 2.45) is 0 Å². The lowest BCUT2D eigenvalue weighted by atomic mass is 10.3. The number of benzene rings is 1. The Morgan fingerprint density at radius 1 is 1.32 bits per heavy atom. The summed E-state index contributed by atoms with van der Waals surface area (Å²) in [5.41, 5.74) is 0.721. The molecule has 0 atom stereocenters. The van der Waals surface area contributed by atoms with E-state index in [1.165, 1.54) is 18.4 Å². The molecule has 1 aromatic carbocycles. The third-order valence-electron chi connectivity index (χ3n) is 3.18. The summed E-state index contributed by atoms with van der Waals surface area (Å²) in [6.07, 6.45) is -0.580. The number of amides is 1. The molecule has 0 fully saturated rings. The number of esters is 1. The molecule has 2 heterocycles. The molecule has 1 amide bonds. The first kappa shape index (κ1) is 19.9. The molecule has 0 unspecified atom stereocenters. The number of carbonyl (C=O) groups excluding carboxylic acids is 2. The van der Waals surface area contributed by atoms with E-state index in [0.29, 0.717) is 17.5 Å². The summed E-state index contributed by atoms with van der Waals surface area (Å²) in [7, 11) is 1.28. The van der Waals surface area contributed by atoms with E-state index in [4.69, 9.17) is 13.9 Å². The van der Waals surface area contributed by atoms with E-state index in [9.17, 15) is 9.59 Å². The smallest absolute Gasteiger partial charge is 0.413 e. The van der Waals surface area contributed by atoms with E-state index in [1.807, 2.05) is 0 Å². The molecule has 0 aliphatic heterocycles. The van der Waals surface area contributed by atoms with Crippen LogP contribution in [0.15, 0.2) is 27.8 Å². The minimum Gasteiger partial charge on any atom is -0.484 e. The zero-order chi connectivity index (χ0) is 19.9. The summed E-state index contributed by atoms with van der Waals surface area (Å²) >= 11 is 2.39. The first-order valence-corrected chi connectivity index (χ1v) is 9.86. The van der Waals surface area contributed by atoms with Crippen LogP contribution < -0.4 is 10.1 Å². The van der Waals surface area contributed by atoms with Gasteiger partial charge in [0.15, 0.2) is 11.7 Å². The van der Waals surface area contributed by atoms with E-state index in [0.717, 1.165) is 22.0 Å². The zero-order valence-corrected chi connectivity index (χ0v) is 16.6. The molecule has 0 aliphatic rings. The third kappa shape index (κ3) is 5.33. The second-order valence-electron chi connectivity index (χ2n) is 5.11. The second-order valence-corrected chi connectivity index (χ2v) is 7.07. The van der Waals surface area contributed by atoms with Crippen LogP contribution in [0.25, 0.3) is 10.2 Å². The number of aromatic nitrogens is 3. The number of thiazole rings is 1. The van der Waals surface area contributed by atoms with Crippen molar-refractivity contribution < 1.29 is 28.2 Å². The van der Waals surface area contributed by atoms with Gasteiger partial charge in [-0.25, -0.2) is 9.78 Å². The van der Waals surface area contributed by atoms with E-state index in [2.05, 4.69) is 25.2 Å². The van der Waals surface area contributed by atoms with Gasteiger partial charge >= 0.3 is 12.1 Å². The largest absolute Gasteiger partial charge is 0.484 e. The number of hydrogen-bond donors (Lipinski definition) is 1. The van der Waals surface area contributed by atoms with Gasteiger partial charge in [0.25, 0.3) is 11.1 Å². The van der Waals surface area contributed by atoms with Gasteiger partial charge in [0.1, 0.15) is 11.5 Å². The molecule has 3 aromatic rings. The lowest BCUT2D eigenvalue weighted by Crippen LogP contribution is -2.10. The fourth-order valence-electron chi connectivity index (χ4n) is 2.01. The lowest BCUT2D eigenvalue weighted by Gasteiger charge is -2.02. The Morgan fingerprint density at radius 3 is 2.96 bits per heavy atom. The van der Waals surface area contributed by atoms with Crippen molar-refractivity contribution >= 4 is 50.5 Å². The summed E-state index contributed by atoms with van der Waals surface area (Å²) < 4.78 is 21.3. The van der Waals surface area contributed by atoms with Gasteiger partial charge < -0.3 is 18.6 Å². The number of nitrogens with zero attached hydrogens (tertiary/aromatic N) is 3. The van der Waals surface area contributed by atoms with Crippen LogP contribution >= 0.6 is 23.1 Å². The predicted molar refractivity (Wildman–Crippen MR) is 102 cm³/mol. The Kier molecular flexibility index (Phi) is 6.66. The van der Waals surface area contributed by atoms with Crippen molar-refractivity contribution in [3.63, 3.8) is 0 Å². The number of hydrogen-bond acceptors (Lipinski definition) is 11. The maximum Gasteiger partial charge on any atom is 0.413 e. The number of fused-ring (bicyclic) bond motifs is 1. The highest BCUT2D eigenvalue weighted by Crippen LogP contribution is 2.29. The molecule has 12 heteroatoms. The van der Waals surface area contributed by atoms with E-state index < -0.39 is 6.09 Å². The highest BCUT2D eigenvalue weighted by atomic mass is 32.2. The maximum atomic E-state index is 11.3. The fourth-order valence-corrected chi connectivity index (χ4v) is 3.47. The minimum atomic E-state index is -0.580. The number of carbonyl (C=O) groups is 2. The highest BCUT2D eigenvalue weighted by Gasteiger charge is 2.12. The van der Waals surface area contributed by atoms with Crippen molar-refractivity contribution in [2.45, 2.75) is 18.8 Å². The van der Waals surface area contributed by atoms with E-state index >= 15 is 0 Å². The predicted octanol–water partition coefficient (Wildman–Crippen LogP) is 3.09. The summed E-state index contributed by atoms with van der Waals surface area (Å²) in [6.45, 7) is 2.14. The monoisotopic (exact) mass is 424 g/mol. The van der Waals surface area contributed by atoms with Gasteiger partial charge in [-0.05, 0) is 25.1 Å². The quantitative estimate of drug-likeness (QED) is 0.426. The first-order chi connectivity index (χ1) is 13.6. The average molecular weight is 424 g/mol. The standard InChI is InChI=1S/C16H16N4O6S2/c1-3-24-13(21)8-27-16-20-19-12(26-16)7-25-9-4-5-10-11(6-9)28-14(17-10)18-15(22)23-2/h4-6H,3,7-8H2,1-2H3,(H,17,18,22). The van der Waals surface area contributed by atoms with E-state index in [1.54, 1.807) is 25.1 Å². The van der Waals surface area contributed by atoms with Crippen LogP contribution in [-0.2, 0) is 20.9 Å². The Labute approximate surface area is 167 Å². The fraction of sp³-hybridized carbons (Fsp3) is 0.312. The van der Waals surface area contributed by atoms with Crippen LogP contribution in [0.3, 0.4) is 0 Å². The number of nitrogens with one attached hydrogen (secondary N) is 1. The van der Waals surface area contributed by atoms with Gasteiger partial charge in [0.05, 0.1) is 23.9 Å². The summed E-state index contributed by atoms with van der Waals surface area (Å²) in [6, 6.07) is 5.32. The summed E-state index contributed by atoms with van der Waals surface area (Å²) in [5, 5.41) is 10.9. The van der Waals surface area contributed by atoms with Crippen LogP contribution in [0, 0.1) is 0 Å². The van der Waals surface area contributed by atoms with Crippen LogP contribution in [-0.4, -0.2) is 46.7 Å². The third-order valence-corrected chi connectivity index (χ3v) is 4.91. The molecular formula is C16H16N4O6S2. The van der Waals surface area contributed by atoms with Crippen molar-refractivity contribution in [3.05, 3.63) is 24.1 Å². The van der Waals surface area contributed by atoms with Gasteiger partial charge in [-0.15, -0.1) is 10.2 Å². The Bertz CT molecular complexity index is 973. The zero-order valence-electron chi connectivity index (χ0n) is 15.0. The Balaban J connectivity index is 1.56. The Morgan fingerprint density at radius 2 is 2.18 bits per heavy atom. The molecule has 10 nitrogen and oxygen atoms in total. The van der Waals surface area contributed by atoms with Crippen LogP contribution in [0.1, 0.15) is 12.8 Å². The second kappa shape index (κ2) is 9.37. The molecule has 148 valence electrons. The topological polar surface area (TPSA) is 126 Å². The molecule has 3 rings (SSSR count). The SMILES string of the molecule is CCOC(=O)CSc1nnc(COc2ccc3nc(NC(=O)OC)sc3c2)o1. The van der Waals surface area contributed by atoms with Crippen molar-refractivity contribution in [1.82, 2.24) is 15.2 Å². The first-order valence-electron chi connectivity index (χ1n) is 8.06. The summed E-state index contributed by atoms with van der Waals surface area (Å²) in [4.78, 5) is 26.9. The molecule has 1 N–H and O–H groups in total. The van der Waals surface area contributed by atoms with Crippen LogP contribution in [0.4, 0.5) is 9.93 Å². The molecule has 0 aliphatic carbocycles. The molecule has 28 heavy (non-hydrogen) atoms. The van der Waals surface area contributed by atoms with Crippen molar-refractivity contribution in [3.8, 4) is 5.75 Å². The van der Waals surface area contributed by atoms with Gasteiger partial charge in [0, 0.05) is 0 Å². The molecular weight excluding hydrogens is 408 g/mol. The molecule has 2 aromatic heterocycles. The molecule has 0 radical (unpaired) electrons. The molecule has 0 spiro atoms. The average Bonchev–Trinajstić information content (AvgIpc) is 3.30. The van der Waals surface area contributed by atoms with Crippen LogP contribution in [0.2, 0.25) is 0 Å². The highest BCUT2D eigenvalue weighted by molar-refractivity contribution is 7.99. The number of anilines is 1. The van der Waals surface area contributed by atoms with Gasteiger partial charge in [-0.1, -0.05) is 23.1 Å². The molecule has 0 bridgehead atoms. The normalized spacial score (nSPS) is 10.6. The minimum absolute atomic E-state index is 0.0740. The van der Waals surface area contributed by atoms with Crippen molar-refractivity contribution in [1.29, 1.82) is 0 Å². The van der Waals surface area contributed by atoms with Crippen molar-refractivity contribution in [2.75, 3.05) is 24.8 Å². The maximum absolute atomic E-state index is 11.3. The number of rotatable bonds is 8. The summed E-state index contributed by atoms with van der Waals surface area (Å²) in [5.74, 6) is 0.617. The molecule has 0 saturated heterocycles. The lowest BCUT2D eigenvalue weighted by molar-refractivity contribution is -0.139. The number of ether oxygens (including phenoxy) is 3. The Hall–Kier alpha value is -2.86. The van der Waals surface area contributed by atoms with Gasteiger partial charge in [-0.2, -0.15) is 0 Å². The van der Waals surface area contributed by atoms with E-state index in [-0.39, 0.29) is 29.4 Å². The van der Waals surface area contributed by atoms with Gasteiger partial charge in [-0.3, -0.25) is 10.1 Å².